The molecule has 0 saturated heterocycles. The van der Waals surface area contributed by atoms with Crippen molar-refractivity contribution in [3.63, 3.8) is 0 Å². The Balaban J connectivity index is 2.06. The maximum atomic E-state index is 13.6. The first-order valence-electron chi connectivity index (χ1n) is 7.21. The van der Waals surface area contributed by atoms with Gasteiger partial charge in [0.05, 0.1) is 0 Å². The van der Waals surface area contributed by atoms with Crippen LogP contribution in [-0.4, -0.2) is 6.21 Å². The second kappa shape index (κ2) is 6.95. The third kappa shape index (κ3) is 3.61. The van der Waals surface area contributed by atoms with Crippen LogP contribution in [0.5, 0.6) is 0 Å². The Kier molecular flexibility index (Phi) is 4.76. The number of hydrogen-bond donors (Lipinski definition) is 0. The molecule has 0 aliphatic heterocycles. The summed E-state index contributed by atoms with van der Waals surface area (Å²) in [6, 6.07) is 26.0. The summed E-state index contributed by atoms with van der Waals surface area (Å²) in [6.45, 7) is 0. The van der Waals surface area contributed by atoms with Gasteiger partial charge in [-0.05, 0) is 42.0 Å². The van der Waals surface area contributed by atoms with E-state index in [1.54, 1.807) is 18.3 Å². The minimum Gasteiger partial charge on any atom is -0.288 e. The predicted octanol–water partition coefficient (Wildman–Crippen LogP) is 4.69. The Morgan fingerprint density at radius 1 is 0.739 bits per heavy atom. The zero-order valence-corrected chi connectivity index (χ0v) is 14.0. The molecule has 3 aromatic rings. The molecule has 0 heterocycles. The van der Waals surface area contributed by atoms with Gasteiger partial charge in [0.25, 0.3) is 0 Å². The average Bonchev–Trinajstić information content (AvgIpc) is 2.62. The highest BCUT2D eigenvalue weighted by molar-refractivity contribution is 7.77. The van der Waals surface area contributed by atoms with Crippen molar-refractivity contribution in [2.45, 2.75) is 0 Å². The van der Waals surface area contributed by atoms with Gasteiger partial charge in [0.2, 0.25) is 7.29 Å². The second-order valence-corrected chi connectivity index (χ2v) is 7.90. The molecular weight excluding hydrogens is 325 g/mol. The molecule has 0 saturated carbocycles. The van der Waals surface area contributed by atoms with E-state index >= 15 is 0 Å². The molecule has 3 aromatic carbocycles. The molecule has 23 heavy (non-hydrogen) atoms. The molecule has 0 bridgehead atoms. The molecule has 0 atom stereocenters. The molecule has 0 aliphatic rings. The van der Waals surface area contributed by atoms with E-state index in [9.17, 15) is 4.57 Å². The Bertz CT molecular complexity index is 802. The Hall–Kier alpha value is -2.15. The SMILES string of the molecule is O=P(/N=C/c1ccc(Cl)cc1)(c1ccccc1)c1ccccc1. The van der Waals surface area contributed by atoms with Crippen LogP contribution in [0.2, 0.25) is 5.02 Å². The van der Waals surface area contributed by atoms with E-state index in [1.165, 1.54) is 0 Å². The molecule has 0 aromatic heterocycles. The van der Waals surface area contributed by atoms with Crippen molar-refractivity contribution in [1.29, 1.82) is 0 Å². The Morgan fingerprint density at radius 3 is 1.70 bits per heavy atom. The van der Waals surface area contributed by atoms with Gasteiger partial charge in [0, 0.05) is 21.8 Å². The molecule has 4 heteroatoms. The van der Waals surface area contributed by atoms with Crippen molar-refractivity contribution in [3.8, 4) is 0 Å². The molecule has 0 aliphatic carbocycles. The van der Waals surface area contributed by atoms with Gasteiger partial charge in [-0.25, -0.2) is 4.76 Å². The van der Waals surface area contributed by atoms with Crippen LogP contribution in [0.3, 0.4) is 0 Å². The number of halogens is 1. The van der Waals surface area contributed by atoms with Crippen LogP contribution >= 0.6 is 18.9 Å². The van der Waals surface area contributed by atoms with Crippen LogP contribution in [-0.2, 0) is 4.57 Å². The summed E-state index contributed by atoms with van der Waals surface area (Å²) in [4.78, 5) is 0. The topological polar surface area (TPSA) is 29.4 Å². The molecule has 0 amide bonds. The number of benzene rings is 3. The van der Waals surface area contributed by atoms with Crippen molar-refractivity contribution in [2.75, 3.05) is 0 Å². The highest BCUT2D eigenvalue weighted by Gasteiger charge is 2.25. The second-order valence-electron chi connectivity index (χ2n) is 5.04. The van der Waals surface area contributed by atoms with E-state index in [0.717, 1.165) is 16.2 Å². The van der Waals surface area contributed by atoms with Gasteiger partial charge in [0.15, 0.2) is 0 Å². The maximum absolute atomic E-state index is 13.6. The molecule has 0 N–H and O–H groups in total. The van der Waals surface area contributed by atoms with E-state index in [2.05, 4.69) is 4.76 Å². The Labute approximate surface area is 140 Å². The summed E-state index contributed by atoms with van der Waals surface area (Å²) >= 11 is 5.89. The molecule has 0 fully saturated rings. The third-order valence-corrected chi connectivity index (χ3v) is 6.14. The van der Waals surface area contributed by atoms with Crippen LogP contribution < -0.4 is 10.6 Å². The standard InChI is InChI=1S/C19H15ClNOP/c20-17-13-11-16(12-14-17)15-21-23(22,18-7-3-1-4-8-18)19-9-5-2-6-10-19/h1-15H/b21-15+. The van der Waals surface area contributed by atoms with E-state index in [4.69, 9.17) is 11.6 Å². The van der Waals surface area contributed by atoms with Crippen molar-refractivity contribution in [2.24, 2.45) is 4.76 Å². The van der Waals surface area contributed by atoms with Crippen LogP contribution in [0.4, 0.5) is 0 Å². The van der Waals surface area contributed by atoms with E-state index in [0.29, 0.717) is 5.02 Å². The Morgan fingerprint density at radius 2 is 1.22 bits per heavy atom. The molecule has 2 nitrogen and oxygen atoms in total. The molecule has 0 radical (unpaired) electrons. The molecule has 3 rings (SSSR count). The zero-order valence-electron chi connectivity index (χ0n) is 12.3. The number of hydrogen-bond acceptors (Lipinski definition) is 1. The number of rotatable bonds is 4. The lowest BCUT2D eigenvalue weighted by Crippen LogP contribution is -2.14. The zero-order chi connectivity index (χ0) is 16.1. The van der Waals surface area contributed by atoms with E-state index in [1.807, 2.05) is 72.8 Å². The largest absolute Gasteiger partial charge is 0.288 e. The fourth-order valence-corrected chi connectivity index (χ4v) is 4.38. The lowest BCUT2D eigenvalue weighted by atomic mass is 10.2. The first-order valence-corrected chi connectivity index (χ1v) is 9.25. The lowest BCUT2D eigenvalue weighted by molar-refractivity contribution is 0.588. The lowest BCUT2D eigenvalue weighted by Gasteiger charge is -2.14. The van der Waals surface area contributed by atoms with Crippen molar-refractivity contribution >= 4 is 35.7 Å². The summed E-state index contributed by atoms with van der Waals surface area (Å²) in [7, 11) is -3.06. The highest BCUT2D eigenvalue weighted by atomic mass is 35.5. The van der Waals surface area contributed by atoms with Crippen LogP contribution in [0, 0.1) is 0 Å². The van der Waals surface area contributed by atoms with Crippen molar-refractivity contribution in [1.82, 2.24) is 0 Å². The van der Waals surface area contributed by atoms with Gasteiger partial charge in [-0.1, -0.05) is 60.1 Å². The fraction of sp³-hybridized carbons (Fsp3) is 0. The summed E-state index contributed by atoms with van der Waals surface area (Å²) in [5.74, 6) is 0. The molecular formula is C19H15ClNOP. The molecule has 0 spiro atoms. The van der Waals surface area contributed by atoms with Crippen molar-refractivity contribution < 1.29 is 4.57 Å². The summed E-state index contributed by atoms with van der Waals surface area (Å²) in [5.41, 5.74) is 0.862. The number of nitrogens with zero attached hydrogens (tertiary/aromatic N) is 1. The van der Waals surface area contributed by atoms with Crippen LogP contribution in [0.15, 0.2) is 89.7 Å². The van der Waals surface area contributed by atoms with E-state index < -0.39 is 7.29 Å². The van der Waals surface area contributed by atoms with Gasteiger partial charge < -0.3 is 0 Å². The van der Waals surface area contributed by atoms with Crippen LogP contribution in [0.25, 0.3) is 0 Å². The van der Waals surface area contributed by atoms with Gasteiger partial charge >= 0.3 is 0 Å². The van der Waals surface area contributed by atoms with Crippen molar-refractivity contribution in [3.05, 3.63) is 95.5 Å². The molecule has 114 valence electrons. The first-order chi connectivity index (χ1) is 11.2. The summed E-state index contributed by atoms with van der Waals surface area (Å²) in [6.07, 6.45) is 1.65. The van der Waals surface area contributed by atoms with Gasteiger partial charge in [-0.3, -0.25) is 4.57 Å². The minimum absolute atomic E-state index is 0.663. The summed E-state index contributed by atoms with van der Waals surface area (Å²) < 4.78 is 18.1. The highest BCUT2D eigenvalue weighted by Crippen LogP contribution is 2.44. The predicted molar refractivity (Wildman–Crippen MR) is 98.8 cm³/mol. The monoisotopic (exact) mass is 339 g/mol. The van der Waals surface area contributed by atoms with Gasteiger partial charge in [-0.15, -0.1) is 0 Å². The maximum Gasteiger partial charge on any atom is 0.247 e. The smallest absolute Gasteiger partial charge is 0.247 e. The normalized spacial score (nSPS) is 11.7. The average molecular weight is 340 g/mol. The minimum atomic E-state index is -3.06. The quantitative estimate of drug-likeness (QED) is 0.501. The summed E-state index contributed by atoms with van der Waals surface area (Å²) in [5, 5.41) is 2.10. The first kappa shape index (κ1) is 15.7. The fourth-order valence-electron chi connectivity index (χ4n) is 2.24. The van der Waals surface area contributed by atoms with Crippen LogP contribution in [0.1, 0.15) is 5.56 Å². The third-order valence-electron chi connectivity index (χ3n) is 3.45. The van der Waals surface area contributed by atoms with E-state index in [-0.39, 0.29) is 0 Å². The van der Waals surface area contributed by atoms with Gasteiger partial charge in [0.1, 0.15) is 0 Å². The molecule has 0 unspecified atom stereocenters. The van der Waals surface area contributed by atoms with Gasteiger partial charge in [-0.2, -0.15) is 0 Å².